The molecule has 2 saturated heterocycles. The summed E-state index contributed by atoms with van der Waals surface area (Å²) in [6.07, 6.45) is 4.31. The highest BCUT2D eigenvalue weighted by atomic mass is 35.5. The second-order valence-electron chi connectivity index (χ2n) is 8.19. The number of nitrogens with zero attached hydrogens (tertiary/aromatic N) is 4. The van der Waals surface area contributed by atoms with Crippen LogP contribution in [0.25, 0.3) is 0 Å². The first-order chi connectivity index (χ1) is 15.1. The summed E-state index contributed by atoms with van der Waals surface area (Å²) in [7, 11) is -3.50. The largest absolute Gasteiger partial charge is 0.479 e. The minimum Gasteiger partial charge on any atom is -0.479 e. The van der Waals surface area contributed by atoms with E-state index in [0.717, 1.165) is 12.7 Å². The summed E-state index contributed by atoms with van der Waals surface area (Å²) in [6.45, 7) is 1.40. The average molecular weight is 483 g/mol. The molecule has 10 nitrogen and oxygen atoms in total. The van der Waals surface area contributed by atoms with Crippen LogP contribution in [-0.2, 0) is 25.8 Å². The van der Waals surface area contributed by atoms with E-state index in [4.69, 9.17) is 16.3 Å². The number of hydrogen-bond acceptors (Lipinski definition) is 7. The highest BCUT2D eigenvalue weighted by Gasteiger charge is 2.51. The summed E-state index contributed by atoms with van der Waals surface area (Å²) in [5.74, 6) is -1.70. The summed E-state index contributed by atoms with van der Waals surface area (Å²) < 4.78 is 30.6. The van der Waals surface area contributed by atoms with Crippen molar-refractivity contribution in [3.05, 3.63) is 40.7 Å². The maximum atomic E-state index is 13.3. The van der Waals surface area contributed by atoms with Crippen LogP contribution < -0.4 is 0 Å². The Kier molecular flexibility index (Phi) is 5.99. The van der Waals surface area contributed by atoms with Crippen molar-refractivity contribution in [1.82, 2.24) is 19.9 Å². The number of carbonyl (C=O) groups excluding carboxylic acids is 1. The molecule has 0 radical (unpaired) electrons. The number of likely N-dealkylation sites (tertiary alicyclic amines) is 1. The van der Waals surface area contributed by atoms with E-state index in [1.165, 1.54) is 23.1 Å². The monoisotopic (exact) mass is 482 g/mol. The number of rotatable bonds is 6. The molecule has 172 valence electrons. The number of benzene rings is 1. The number of aliphatic carboxylic acids is 1. The maximum Gasteiger partial charge on any atom is 0.330 e. The van der Waals surface area contributed by atoms with Gasteiger partial charge in [0.15, 0.2) is 9.84 Å². The fourth-order valence-electron chi connectivity index (χ4n) is 4.30. The van der Waals surface area contributed by atoms with Crippen LogP contribution in [0.4, 0.5) is 0 Å². The van der Waals surface area contributed by atoms with Gasteiger partial charge in [0, 0.05) is 32.0 Å². The van der Waals surface area contributed by atoms with Crippen LogP contribution in [0, 0.1) is 0 Å². The van der Waals surface area contributed by atoms with Gasteiger partial charge in [-0.05, 0) is 37.5 Å². The van der Waals surface area contributed by atoms with Crippen molar-refractivity contribution in [2.24, 2.45) is 0 Å². The zero-order valence-corrected chi connectivity index (χ0v) is 19.0. The number of carboxylic acid groups (broad SMARTS) is 1. The number of amides is 1. The van der Waals surface area contributed by atoms with Crippen molar-refractivity contribution in [1.29, 1.82) is 0 Å². The molecule has 0 spiro atoms. The van der Waals surface area contributed by atoms with Gasteiger partial charge in [-0.15, -0.1) is 5.10 Å². The summed E-state index contributed by atoms with van der Waals surface area (Å²) in [4.78, 5) is 27.0. The van der Waals surface area contributed by atoms with Crippen LogP contribution in [0.2, 0.25) is 5.02 Å². The third kappa shape index (κ3) is 4.12. The lowest BCUT2D eigenvalue weighted by molar-refractivity contribution is -0.148. The second-order valence-corrected chi connectivity index (χ2v) is 10.6. The summed E-state index contributed by atoms with van der Waals surface area (Å²) >= 11 is 6.22. The molecule has 2 aliphatic rings. The molecule has 12 heteroatoms. The molecular weight excluding hydrogens is 460 g/mol. The first kappa shape index (κ1) is 22.7. The van der Waals surface area contributed by atoms with Gasteiger partial charge in [-0.1, -0.05) is 16.8 Å². The van der Waals surface area contributed by atoms with Crippen LogP contribution in [0.15, 0.2) is 29.3 Å². The first-order valence-electron chi connectivity index (χ1n) is 10.2. The number of aromatic nitrogens is 3. The van der Waals surface area contributed by atoms with Gasteiger partial charge in [-0.25, -0.2) is 17.9 Å². The Morgan fingerprint density at radius 1 is 1.38 bits per heavy atom. The van der Waals surface area contributed by atoms with E-state index in [2.05, 4.69) is 10.3 Å². The standard InChI is InChI=1S/C20H23ClN4O6S/c1-32(29,30)15-3-4-16(17(21)9-15)18(26)24-7-2-6-20(24,19(27)28)10-13-11-25(23-22-13)14-5-8-31-12-14/h3-4,9,11,14H,2,5-8,10,12H2,1H3,(H,27,28)/t14-,20?/m1/s1. The molecule has 3 heterocycles. The van der Waals surface area contributed by atoms with Gasteiger partial charge in [-0.3, -0.25) is 4.79 Å². The van der Waals surface area contributed by atoms with Gasteiger partial charge >= 0.3 is 5.97 Å². The molecule has 1 unspecified atom stereocenters. The lowest BCUT2D eigenvalue weighted by atomic mass is 9.90. The third-order valence-electron chi connectivity index (χ3n) is 6.04. The van der Waals surface area contributed by atoms with Crippen molar-refractivity contribution in [2.75, 3.05) is 26.0 Å². The SMILES string of the molecule is CS(=O)(=O)c1ccc(C(=O)N2CCCC2(Cc2cn([C@@H]3CCOC3)nn2)C(=O)O)c(Cl)c1. The molecule has 1 aromatic heterocycles. The van der Waals surface area contributed by atoms with Crippen LogP contribution in [0.3, 0.4) is 0 Å². The maximum absolute atomic E-state index is 13.3. The van der Waals surface area contributed by atoms with E-state index in [1.54, 1.807) is 10.9 Å². The van der Waals surface area contributed by atoms with E-state index in [-0.39, 0.29) is 40.9 Å². The Morgan fingerprint density at radius 2 is 2.16 bits per heavy atom. The van der Waals surface area contributed by atoms with Gasteiger partial charge in [-0.2, -0.15) is 0 Å². The summed E-state index contributed by atoms with van der Waals surface area (Å²) in [5.41, 5.74) is -0.973. The lowest BCUT2D eigenvalue weighted by Gasteiger charge is -2.34. The zero-order valence-electron chi connectivity index (χ0n) is 17.4. The number of carbonyl (C=O) groups is 2. The topological polar surface area (TPSA) is 132 Å². The van der Waals surface area contributed by atoms with Crippen molar-refractivity contribution in [3.8, 4) is 0 Å². The molecule has 1 amide bonds. The van der Waals surface area contributed by atoms with E-state index in [0.29, 0.717) is 25.3 Å². The van der Waals surface area contributed by atoms with Gasteiger partial charge in [0.1, 0.15) is 5.54 Å². The highest BCUT2D eigenvalue weighted by molar-refractivity contribution is 7.90. The number of sulfone groups is 1. The van der Waals surface area contributed by atoms with Crippen LogP contribution in [-0.4, -0.2) is 76.8 Å². The third-order valence-corrected chi connectivity index (χ3v) is 7.47. The Balaban J connectivity index is 1.63. The van der Waals surface area contributed by atoms with E-state index < -0.39 is 27.3 Å². The second kappa shape index (κ2) is 8.45. The summed E-state index contributed by atoms with van der Waals surface area (Å²) in [6, 6.07) is 3.88. The molecule has 2 atom stereocenters. The van der Waals surface area contributed by atoms with Crippen molar-refractivity contribution >= 4 is 33.3 Å². The van der Waals surface area contributed by atoms with Crippen molar-refractivity contribution < 1.29 is 27.9 Å². The Morgan fingerprint density at radius 3 is 2.78 bits per heavy atom. The van der Waals surface area contributed by atoms with E-state index >= 15 is 0 Å². The quantitative estimate of drug-likeness (QED) is 0.656. The van der Waals surface area contributed by atoms with Crippen molar-refractivity contribution in [2.45, 2.75) is 42.2 Å². The van der Waals surface area contributed by atoms with Gasteiger partial charge in [0.2, 0.25) is 0 Å². The number of ether oxygens (including phenoxy) is 1. The lowest BCUT2D eigenvalue weighted by Crippen LogP contribution is -2.54. The van der Waals surface area contributed by atoms with Gasteiger partial charge in [0.05, 0.1) is 33.8 Å². The fraction of sp³-hybridized carbons (Fsp3) is 0.500. The molecule has 2 aromatic rings. The highest BCUT2D eigenvalue weighted by Crippen LogP contribution is 2.36. The number of carboxylic acids is 1. The molecule has 2 aliphatic heterocycles. The van der Waals surface area contributed by atoms with E-state index in [1.807, 2.05) is 0 Å². The predicted octanol–water partition coefficient (Wildman–Crippen LogP) is 1.60. The molecule has 2 fully saturated rings. The molecular formula is C20H23ClN4O6S. The molecule has 1 aromatic carbocycles. The molecule has 1 N–H and O–H groups in total. The minimum atomic E-state index is -3.50. The van der Waals surface area contributed by atoms with Crippen LogP contribution in [0.5, 0.6) is 0 Å². The molecule has 32 heavy (non-hydrogen) atoms. The number of halogens is 1. The van der Waals surface area contributed by atoms with Gasteiger partial charge < -0.3 is 14.7 Å². The smallest absolute Gasteiger partial charge is 0.330 e. The summed E-state index contributed by atoms with van der Waals surface area (Å²) in [5, 5.41) is 18.4. The Hall–Kier alpha value is -2.50. The molecule has 0 saturated carbocycles. The number of hydrogen-bond donors (Lipinski definition) is 1. The Labute approximate surface area is 190 Å². The van der Waals surface area contributed by atoms with E-state index in [9.17, 15) is 23.1 Å². The zero-order chi connectivity index (χ0) is 23.1. The van der Waals surface area contributed by atoms with Crippen LogP contribution in [0.1, 0.15) is 41.4 Å². The van der Waals surface area contributed by atoms with Gasteiger partial charge in [0.25, 0.3) is 5.91 Å². The fourth-order valence-corrected chi connectivity index (χ4v) is 5.28. The van der Waals surface area contributed by atoms with Crippen LogP contribution >= 0.6 is 11.6 Å². The molecule has 0 bridgehead atoms. The molecule has 0 aliphatic carbocycles. The average Bonchev–Trinajstić information content (AvgIpc) is 3.48. The van der Waals surface area contributed by atoms with Crippen molar-refractivity contribution in [3.63, 3.8) is 0 Å². The minimum absolute atomic E-state index is 0.000687. The Bertz CT molecular complexity index is 1160. The molecule has 4 rings (SSSR count). The normalized spacial score (nSPS) is 23.6. The first-order valence-corrected chi connectivity index (χ1v) is 12.4. The predicted molar refractivity (Wildman–Crippen MR) is 113 cm³/mol.